The van der Waals surface area contributed by atoms with Crippen LogP contribution in [0.25, 0.3) is 0 Å². The number of hydrogen-bond donors (Lipinski definition) is 2. The van der Waals surface area contributed by atoms with Gasteiger partial charge in [-0.2, -0.15) is 0 Å². The lowest BCUT2D eigenvalue weighted by atomic mass is 9.94. The van der Waals surface area contributed by atoms with Crippen LogP contribution in [0.2, 0.25) is 0 Å². The first-order valence-electron chi connectivity index (χ1n) is 8.09. The number of carbonyl (C=O) groups is 3. The van der Waals surface area contributed by atoms with Crippen LogP contribution < -0.4 is 10.6 Å². The van der Waals surface area contributed by atoms with E-state index in [4.69, 9.17) is 0 Å². The standard InChI is InChI=1S/C16H28N2O3/c1-3-4-5-7-13(10-12(2)19)17-16(21)18-14-8-6-9-15(20)11-14/h13-14H,3-11H2,1-2H3,(H2,17,18,21). The van der Waals surface area contributed by atoms with Crippen molar-refractivity contribution < 1.29 is 14.4 Å². The highest BCUT2D eigenvalue weighted by molar-refractivity contribution is 5.82. The quantitative estimate of drug-likeness (QED) is 0.676. The van der Waals surface area contributed by atoms with E-state index >= 15 is 0 Å². The molecular formula is C16H28N2O3. The molecule has 0 aliphatic heterocycles. The van der Waals surface area contributed by atoms with Gasteiger partial charge in [0.25, 0.3) is 0 Å². The number of rotatable bonds is 8. The average molecular weight is 296 g/mol. The lowest BCUT2D eigenvalue weighted by Gasteiger charge is -2.24. The third-order valence-electron chi connectivity index (χ3n) is 3.84. The van der Waals surface area contributed by atoms with Crippen LogP contribution in [0.5, 0.6) is 0 Å². The molecule has 0 aromatic carbocycles. The summed E-state index contributed by atoms with van der Waals surface area (Å²) in [6, 6.07) is -0.411. The number of carbonyl (C=O) groups excluding carboxylic acids is 3. The maximum atomic E-state index is 12.0. The molecule has 5 heteroatoms. The maximum Gasteiger partial charge on any atom is 0.315 e. The number of urea groups is 1. The molecule has 0 aromatic heterocycles. The summed E-state index contributed by atoms with van der Waals surface area (Å²) in [7, 11) is 0. The third-order valence-corrected chi connectivity index (χ3v) is 3.84. The van der Waals surface area contributed by atoms with Crippen LogP contribution in [0.1, 0.15) is 71.6 Å². The second-order valence-electron chi connectivity index (χ2n) is 6.05. The van der Waals surface area contributed by atoms with Crippen molar-refractivity contribution in [2.75, 3.05) is 0 Å². The fourth-order valence-electron chi connectivity index (χ4n) is 2.77. The summed E-state index contributed by atoms with van der Waals surface area (Å²) in [4.78, 5) is 34.7. The van der Waals surface area contributed by atoms with Crippen LogP contribution in [0.4, 0.5) is 4.79 Å². The molecular weight excluding hydrogens is 268 g/mol. The fourth-order valence-corrected chi connectivity index (χ4v) is 2.77. The molecule has 2 amide bonds. The molecule has 1 aliphatic carbocycles. The largest absolute Gasteiger partial charge is 0.335 e. The van der Waals surface area contributed by atoms with Crippen molar-refractivity contribution in [2.24, 2.45) is 0 Å². The van der Waals surface area contributed by atoms with E-state index in [2.05, 4.69) is 17.6 Å². The Morgan fingerprint density at radius 1 is 1.33 bits per heavy atom. The Kier molecular flexibility index (Phi) is 8.01. The zero-order chi connectivity index (χ0) is 15.7. The summed E-state index contributed by atoms with van der Waals surface area (Å²) in [6.07, 6.45) is 7.19. The van der Waals surface area contributed by atoms with Crippen LogP contribution in [0.3, 0.4) is 0 Å². The average Bonchev–Trinajstić information content (AvgIpc) is 2.38. The lowest BCUT2D eigenvalue weighted by Crippen LogP contribution is -2.48. The van der Waals surface area contributed by atoms with Crippen molar-refractivity contribution in [3.05, 3.63) is 0 Å². The topological polar surface area (TPSA) is 75.3 Å². The van der Waals surface area contributed by atoms with Gasteiger partial charge in [-0.3, -0.25) is 9.59 Å². The second kappa shape index (κ2) is 9.53. The fraction of sp³-hybridized carbons (Fsp3) is 0.812. The van der Waals surface area contributed by atoms with Gasteiger partial charge in [-0.05, 0) is 26.2 Å². The van der Waals surface area contributed by atoms with Gasteiger partial charge < -0.3 is 10.6 Å². The number of unbranched alkanes of at least 4 members (excludes halogenated alkanes) is 2. The van der Waals surface area contributed by atoms with Crippen molar-refractivity contribution in [3.8, 4) is 0 Å². The zero-order valence-corrected chi connectivity index (χ0v) is 13.2. The van der Waals surface area contributed by atoms with Gasteiger partial charge >= 0.3 is 6.03 Å². The van der Waals surface area contributed by atoms with Crippen molar-refractivity contribution in [3.63, 3.8) is 0 Å². The first-order valence-corrected chi connectivity index (χ1v) is 8.09. The monoisotopic (exact) mass is 296 g/mol. The van der Waals surface area contributed by atoms with Gasteiger partial charge in [-0.15, -0.1) is 0 Å². The van der Waals surface area contributed by atoms with E-state index in [1.807, 2.05) is 0 Å². The predicted molar refractivity (Wildman–Crippen MR) is 82.2 cm³/mol. The van der Waals surface area contributed by atoms with Crippen LogP contribution in [0.15, 0.2) is 0 Å². The summed E-state index contributed by atoms with van der Waals surface area (Å²) in [5, 5.41) is 5.75. The molecule has 1 saturated carbocycles. The normalized spacial score (nSPS) is 19.9. The Hall–Kier alpha value is -1.39. The van der Waals surface area contributed by atoms with E-state index in [9.17, 15) is 14.4 Å². The number of ketones is 2. The molecule has 21 heavy (non-hydrogen) atoms. The van der Waals surface area contributed by atoms with Gasteiger partial charge in [-0.25, -0.2) is 4.79 Å². The number of Topliss-reactive ketones (excluding diaryl/α,β-unsaturated/α-hetero) is 2. The Morgan fingerprint density at radius 2 is 2.10 bits per heavy atom. The molecule has 120 valence electrons. The van der Waals surface area contributed by atoms with Crippen molar-refractivity contribution in [1.82, 2.24) is 10.6 Å². The van der Waals surface area contributed by atoms with E-state index in [0.717, 1.165) is 38.5 Å². The van der Waals surface area contributed by atoms with Gasteiger partial charge in [0.1, 0.15) is 11.6 Å². The molecule has 2 atom stereocenters. The predicted octanol–water partition coefficient (Wildman–Crippen LogP) is 2.73. The maximum absolute atomic E-state index is 12.0. The highest BCUT2D eigenvalue weighted by atomic mass is 16.2. The molecule has 0 bridgehead atoms. The minimum atomic E-state index is -0.252. The molecule has 1 fully saturated rings. The van der Waals surface area contributed by atoms with Crippen LogP contribution in [-0.2, 0) is 9.59 Å². The molecule has 1 aliphatic rings. The molecule has 2 unspecified atom stereocenters. The Labute approximate surface area is 127 Å². The van der Waals surface area contributed by atoms with Crippen LogP contribution >= 0.6 is 0 Å². The van der Waals surface area contributed by atoms with E-state index < -0.39 is 0 Å². The van der Waals surface area contributed by atoms with E-state index in [0.29, 0.717) is 19.3 Å². The minimum absolute atomic E-state index is 0.0557. The summed E-state index contributed by atoms with van der Waals surface area (Å²) in [5.74, 6) is 0.305. The highest BCUT2D eigenvalue weighted by Crippen LogP contribution is 2.14. The minimum Gasteiger partial charge on any atom is -0.335 e. The lowest BCUT2D eigenvalue weighted by molar-refractivity contribution is -0.120. The highest BCUT2D eigenvalue weighted by Gasteiger charge is 2.22. The SMILES string of the molecule is CCCCCC(CC(C)=O)NC(=O)NC1CCCC(=O)C1. The summed E-state index contributed by atoms with van der Waals surface area (Å²) in [6.45, 7) is 3.67. The van der Waals surface area contributed by atoms with Gasteiger partial charge in [0.05, 0.1) is 0 Å². The molecule has 2 N–H and O–H groups in total. The van der Waals surface area contributed by atoms with E-state index in [1.54, 1.807) is 6.92 Å². The van der Waals surface area contributed by atoms with Gasteiger partial charge in [0, 0.05) is 31.3 Å². The van der Waals surface area contributed by atoms with Crippen LogP contribution in [-0.4, -0.2) is 29.7 Å². The summed E-state index contributed by atoms with van der Waals surface area (Å²) in [5.41, 5.74) is 0. The van der Waals surface area contributed by atoms with Crippen LogP contribution in [0, 0.1) is 0 Å². The number of hydrogen-bond acceptors (Lipinski definition) is 3. The van der Waals surface area contributed by atoms with Gasteiger partial charge in [-0.1, -0.05) is 26.2 Å². The van der Waals surface area contributed by atoms with Gasteiger partial charge in [0.15, 0.2) is 0 Å². The first kappa shape index (κ1) is 17.7. The van der Waals surface area contributed by atoms with Crippen molar-refractivity contribution >= 4 is 17.6 Å². The van der Waals surface area contributed by atoms with Crippen molar-refractivity contribution in [1.29, 1.82) is 0 Å². The smallest absolute Gasteiger partial charge is 0.315 e. The molecule has 0 spiro atoms. The Bertz CT molecular complexity index is 369. The Morgan fingerprint density at radius 3 is 2.71 bits per heavy atom. The molecule has 5 nitrogen and oxygen atoms in total. The molecule has 0 radical (unpaired) electrons. The summed E-state index contributed by atoms with van der Waals surface area (Å²) < 4.78 is 0. The first-order chi connectivity index (χ1) is 10.0. The molecule has 0 aromatic rings. The molecule has 0 saturated heterocycles. The zero-order valence-electron chi connectivity index (χ0n) is 13.2. The third kappa shape index (κ3) is 7.83. The van der Waals surface area contributed by atoms with Gasteiger partial charge in [0.2, 0.25) is 0 Å². The number of nitrogens with one attached hydrogen (secondary N) is 2. The van der Waals surface area contributed by atoms with E-state index in [-0.39, 0.29) is 29.7 Å². The molecule has 0 heterocycles. The second-order valence-corrected chi connectivity index (χ2v) is 6.05. The summed E-state index contributed by atoms with van der Waals surface area (Å²) >= 11 is 0. The van der Waals surface area contributed by atoms with E-state index in [1.165, 1.54) is 0 Å². The van der Waals surface area contributed by atoms with Crippen molar-refractivity contribution in [2.45, 2.75) is 83.7 Å². The Balaban J connectivity index is 2.38. The number of amides is 2. The molecule has 1 rings (SSSR count).